The molecule has 0 aromatic rings. The summed E-state index contributed by atoms with van der Waals surface area (Å²) in [6.07, 6.45) is 31.8. The van der Waals surface area contributed by atoms with Gasteiger partial charge in [0, 0.05) is 6.42 Å². The van der Waals surface area contributed by atoms with E-state index in [0.29, 0.717) is 19.3 Å². The minimum absolute atomic E-state index is 0.0137. The topological polar surface area (TPSA) is 54.4 Å². The monoisotopic (exact) mass is 523 g/mol. The van der Waals surface area contributed by atoms with Crippen molar-refractivity contribution in [1.29, 1.82) is 0 Å². The van der Waals surface area contributed by atoms with E-state index in [2.05, 4.69) is 20.8 Å². The van der Waals surface area contributed by atoms with Crippen molar-refractivity contribution in [3.8, 4) is 0 Å². The van der Waals surface area contributed by atoms with Crippen LogP contribution in [0.5, 0.6) is 0 Å². The zero-order valence-corrected chi connectivity index (χ0v) is 25.6. The standard InChI is InChI=1S/C34H66O3/c1-4-7-10-13-15-16-17-18-19-20-21-22-25-28-31-34(33(36)37,30-27-24-14-11-8-5-2)32(35)29-26-23-12-9-6-3/h4-31H2,1-3H3,(H,36,37). The van der Waals surface area contributed by atoms with Crippen LogP contribution >= 0.6 is 0 Å². The van der Waals surface area contributed by atoms with Crippen molar-refractivity contribution < 1.29 is 14.7 Å². The van der Waals surface area contributed by atoms with Gasteiger partial charge in [0.25, 0.3) is 0 Å². The summed E-state index contributed by atoms with van der Waals surface area (Å²) in [6.45, 7) is 6.68. The van der Waals surface area contributed by atoms with Gasteiger partial charge in [0.1, 0.15) is 11.2 Å². The molecule has 1 N–H and O–H groups in total. The van der Waals surface area contributed by atoms with E-state index >= 15 is 0 Å². The largest absolute Gasteiger partial charge is 0.480 e. The number of hydrogen-bond donors (Lipinski definition) is 1. The number of unbranched alkanes of at least 4 members (excludes halogenated alkanes) is 22. The lowest BCUT2D eigenvalue weighted by atomic mass is 9.73. The van der Waals surface area contributed by atoms with Gasteiger partial charge in [0.05, 0.1) is 0 Å². The number of hydrogen-bond acceptors (Lipinski definition) is 2. The fourth-order valence-corrected chi connectivity index (χ4v) is 5.69. The first-order chi connectivity index (χ1) is 18.0. The van der Waals surface area contributed by atoms with E-state index in [1.165, 1.54) is 109 Å². The Morgan fingerprint density at radius 3 is 1.00 bits per heavy atom. The molecule has 0 heterocycles. The summed E-state index contributed by atoms with van der Waals surface area (Å²) in [4.78, 5) is 25.8. The molecule has 3 nitrogen and oxygen atoms in total. The summed E-state index contributed by atoms with van der Waals surface area (Å²) < 4.78 is 0. The predicted molar refractivity (Wildman–Crippen MR) is 161 cm³/mol. The van der Waals surface area contributed by atoms with E-state index in [1.54, 1.807) is 0 Å². The average Bonchev–Trinajstić information content (AvgIpc) is 2.89. The van der Waals surface area contributed by atoms with Gasteiger partial charge in [-0.25, -0.2) is 0 Å². The molecule has 0 fully saturated rings. The van der Waals surface area contributed by atoms with Crippen molar-refractivity contribution in [2.75, 3.05) is 0 Å². The summed E-state index contributed by atoms with van der Waals surface area (Å²) in [5.74, 6) is -0.839. The zero-order valence-electron chi connectivity index (χ0n) is 25.6. The average molecular weight is 523 g/mol. The molecule has 0 spiro atoms. The number of Topliss-reactive ketones (excluding diaryl/α,β-unsaturated/α-hetero) is 1. The maximum atomic E-state index is 13.3. The number of carbonyl (C=O) groups is 2. The zero-order chi connectivity index (χ0) is 27.5. The van der Waals surface area contributed by atoms with Crippen LogP contribution in [0.4, 0.5) is 0 Å². The maximum absolute atomic E-state index is 13.3. The minimum atomic E-state index is -1.13. The molecule has 0 aliphatic carbocycles. The van der Waals surface area contributed by atoms with Crippen LogP contribution in [0.25, 0.3) is 0 Å². The molecular formula is C34H66O3. The summed E-state index contributed by atoms with van der Waals surface area (Å²) >= 11 is 0. The van der Waals surface area contributed by atoms with E-state index in [-0.39, 0.29) is 5.78 Å². The van der Waals surface area contributed by atoms with Gasteiger partial charge in [0.15, 0.2) is 0 Å². The van der Waals surface area contributed by atoms with Crippen LogP contribution < -0.4 is 0 Å². The molecule has 0 aliphatic heterocycles. The lowest BCUT2D eigenvalue weighted by Gasteiger charge is -2.28. The van der Waals surface area contributed by atoms with Gasteiger partial charge >= 0.3 is 5.97 Å². The van der Waals surface area contributed by atoms with Crippen molar-refractivity contribution in [1.82, 2.24) is 0 Å². The molecule has 1 unspecified atom stereocenters. The second-order valence-corrected chi connectivity index (χ2v) is 11.8. The van der Waals surface area contributed by atoms with E-state index in [9.17, 15) is 14.7 Å². The second kappa shape index (κ2) is 26.7. The van der Waals surface area contributed by atoms with Crippen molar-refractivity contribution >= 4 is 11.8 Å². The summed E-state index contributed by atoms with van der Waals surface area (Å²) in [6, 6.07) is 0. The molecule has 0 rings (SSSR count). The van der Waals surface area contributed by atoms with Gasteiger partial charge in [-0.1, -0.05) is 175 Å². The molecule has 0 amide bonds. The van der Waals surface area contributed by atoms with Crippen LogP contribution in [-0.2, 0) is 9.59 Å². The Kier molecular flexibility index (Phi) is 26.1. The molecule has 0 radical (unpaired) electrons. The highest BCUT2D eigenvalue weighted by Gasteiger charge is 2.43. The normalized spacial score (nSPS) is 13.1. The number of ketones is 1. The SMILES string of the molecule is CCCCCCCCCCCCCCCCC(CCCCCCCC)(C(=O)O)C(=O)CCCCCCC. The highest BCUT2D eigenvalue weighted by atomic mass is 16.4. The first kappa shape index (κ1) is 36.1. The highest BCUT2D eigenvalue weighted by molar-refractivity contribution is 6.03. The Morgan fingerprint density at radius 1 is 0.432 bits per heavy atom. The molecule has 0 bridgehead atoms. The van der Waals surface area contributed by atoms with E-state index in [1.807, 2.05) is 0 Å². The Morgan fingerprint density at radius 2 is 0.703 bits per heavy atom. The quantitative estimate of drug-likeness (QED) is 0.0753. The lowest BCUT2D eigenvalue weighted by Crippen LogP contribution is -2.39. The molecule has 220 valence electrons. The molecule has 0 aromatic heterocycles. The Hall–Kier alpha value is -0.860. The number of aliphatic carboxylic acids is 1. The molecule has 1 atom stereocenters. The summed E-state index contributed by atoms with van der Waals surface area (Å²) in [7, 11) is 0. The van der Waals surface area contributed by atoms with E-state index < -0.39 is 11.4 Å². The lowest BCUT2D eigenvalue weighted by molar-refractivity contribution is -0.156. The molecule has 0 aromatic carbocycles. The van der Waals surface area contributed by atoms with E-state index in [4.69, 9.17) is 0 Å². The first-order valence-electron chi connectivity index (χ1n) is 16.8. The van der Waals surface area contributed by atoms with Gasteiger partial charge in [-0.3, -0.25) is 9.59 Å². The second-order valence-electron chi connectivity index (χ2n) is 11.8. The van der Waals surface area contributed by atoms with Gasteiger partial charge in [0.2, 0.25) is 0 Å². The molecule has 0 saturated heterocycles. The van der Waals surface area contributed by atoms with Gasteiger partial charge in [-0.15, -0.1) is 0 Å². The van der Waals surface area contributed by atoms with Crippen LogP contribution in [0.1, 0.15) is 201 Å². The van der Waals surface area contributed by atoms with Crippen molar-refractivity contribution in [3.05, 3.63) is 0 Å². The third kappa shape index (κ3) is 19.8. The summed E-state index contributed by atoms with van der Waals surface area (Å²) in [5.41, 5.74) is -1.13. The first-order valence-corrected chi connectivity index (χ1v) is 16.8. The Labute approximate surface area is 232 Å². The van der Waals surface area contributed by atoms with Crippen LogP contribution in [0.2, 0.25) is 0 Å². The van der Waals surface area contributed by atoms with Gasteiger partial charge in [-0.2, -0.15) is 0 Å². The fourth-order valence-electron chi connectivity index (χ4n) is 5.69. The number of carboxylic acids is 1. The number of rotatable bonds is 30. The van der Waals surface area contributed by atoms with Crippen LogP contribution in [0.3, 0.4) is 0 Å². The van der Waals surface area contributed by atoms with Gasteiger partial charge in [-0.05, 0) is 19.3 Å². The highest BCUT2D eigenvalue weighted by Crippen LogP contribution is 2.35. The molecular weight excluding hydrogens is 456 g/mol. The van der Waals surface area contributed by atoms with Crippen LogP contribution in [0, 0.1) is 5.41 Å². The Bertz CT molecular complexity index is 515. The van der Waals surface area contributed by atoms with Crippen LogP contribution in [0.15, 0.2) is 0 Å². The Balaban J connectivity index is 4.37. The van der Waals surface area contributed by atoms with Crippen molar-refractivity contribution in [2.24, 2.45) is 5.41 Å². The molecule has 0 saturated carbocycles. The predicted octanol–water partition coefficient (Wildman–Crippen LogP) is 11.6. The van der Waals surface area contributed by atoms with E-state index in [0.717, 1.165) is 51.4 Å². The van der Waals surface area contributed by atoms with Crippen molar-refractivity contribution in [2.45, 2.75) is 201 Å². The number of carbonyl (C=O) groups excluding carboxylic acids is 1. The number of carboxylic acid groups (broad SMARTS) is 1. The summed E-state index contributed by atoms with van der Waals surface area (Å²) in [5, 5.41) is 10.3. The molecule has 0 aliphatic rings. The third-order valence-electron chi connectivity index (χ3n) is 8.36. The maximum Gasteiger partial charge on any atom is 0.317 e. The fraction of sp³-hybridized carbons (Fsp3) is 0.941. The third-order valence-corrected chi connectivity index (χ3v) is 8.36. The van der Waals surface area contributed by atoms with Crippen molar-refractivity contribution in [3.63, 3.8) is 0 Å². The van der Waals surface area contributed by atoms with Gasteiger partial charge < -0.3 is 5.11 Å². The van der Waals surface area contributed by atoms with Crippen LogP contribution in [-0.4, -0.2) is 16.9 Å². The molecule has 37 heavy (non-hydrogen) atoms. The minimum Gasteiger partial charge on any atom is -0.480 e. The smallest absolute Gasteiger partial charge is 0.317 e. The molecule has 3 heteroatoms.